The van der Waals surface area contributed by atoms with Gasteiger partial charge in [-0.15, -0.1) is 0 Å². The van der Waals surface area contributed by atoms with Crippen molar-refractivity contribution in [3.8, 4) is 5.75 Å². The van der Waals surface area contributed by atoms with E-state index in [1.165, 1.54) is 22.4 Å². The molecule has 2 rings (SSSR count). The highest BCUT2D eigenvalue weighted by Gasteiger charge is 2.06. The number of benzene rings is 2. The van der Waals surface area contributed by atoms with Crippen LogP contribution in [-0.2, 0) is 0 Å². The van der Waals surface area contributed by atoms with Crippen molar-refractivity contribution in [2.75, 3.05) is 11.9 Å². The third-order valence-corrected chi connectivity index (χ3v) is 3.46. The second kappa shape index (κ2) is 7.16. The lowest BCUT2D eigenvalue weighted by Gasteiger charge is -2.17. The van der Waals surface area contributed by atoms with Crippen LogP contribution in [0, 0.1) is 13.8 Å². The van der Waals surface area contributed by atoms with Gasteiger partial charge >= 0.3 is 0 Å². The maximum atomic E-state index is 5.62. The van der Waals surface area contributed by atoms with E-state index >= 15 is 0 Å². The van der Waals surface area contributed by atoms with E-state index in [0.717, 1.165) is 18.8 Å². The van der Waals surface area contributed by atoms with E-state index < -0.39 is 0 Å². The van der Waals surface area contributed by atoms with Crippen molar-refractivity contribution in [3.05, 3.63) is 59.2 Å². The van der Waals surface area contributed by atoms with Crippen LogP contribution in [0.4, 0.5) is 5.69 Å². The molecule has 21 heavy (non-hydrogen) atoms. The van der Waals surface area contributed by atoms with Crippen LogP contribution in [0.25, 0.3) is 0 Å². The number of rotatable bonds is 6. The van der Waals surface area contributed by atoms with Crippen LogP contribution in [0.1, 0.15) is 43.0 Å². The van der Waals surface area contributed by atoms with E-state index in [1.54, 1.807) is 0 Å². The molecule has 0 aliphatic rings. The van der Waals surface area contributed by atoms with Gasteiger partial charge in [0.05, 0.1) is 6.61 Å². The fourth-order valence-electron chi connectivity index (χ4n) is 2.46. The second-order valence-electron chi connectivity index (χ2n) is 5.66. The molecule has 0 spiro atoms. The van der Waals surface area contributed by atoms with Crippen LogP contribution in [0.15, 0.2) is 42.5 Å². The number of anilines is 1. The Hall–Kier alpha value is -1.96. The number of hydrogen-bond donors (Lipinski definition) is 1. The van der Waals surface area contributed by atoms with Gasteiger partial charge < -0.3 is 10.1 Å². The summed E-state index contributed by atoms with van der Waals surface area (Å²) in [6.45, 7) is 9.32. The summed E-state index contributed by atoms with van der Waals surface area (Å²) in [7, 11) is 0. The minimum atomic E-state index is 0.270. The van der Waals surface area contributed by atoms with Gasteiger partial charge in [-0.2, -0.15) is 0 Å². The summed E-state index contributed by atoms with van der Waals surface area (Å²) in [5.41, 5.74) is 5.00. The molecule has 0 saturated carbocycles. The van der Waals surface area contributed by atoms with E-state index in [4.69, 9.17) is 4.74 Å². The SMILES string of the molecule is CCCOc1ccc(C(C)Nc2cc(C)cc(C)c2)cc1. The Bertz CT molecular complexity index is 554. The molecule has 2 aromatic carbocycles. The van der Waals surface area contributed by atoms with Crippen LogP contribution in [0.5, 0.6) is 5.75 Å². The van der Waals surface area contributed by atoms with Gasteiger partial charge in [0.1, 0.15) is 5.75 Å². The summed E-state index contributed by atoms with van der Waals surface area (Å²) in [5.74, 6) is 0.944. The van der Waals surface area contributed by atoms with Crippen molar-refractivity contribution in [1.29, 1.82) is 0 Å². The Balaban J connectivity index is 2.04. The predicted octanol–water partition coefficient (Wildman–Crippen LogP) is 5.27. The molecule has 2 aromatic rings. The molecule has 2 nitrogen and oxygen atoms in total. The lowest BCUT2D eigenvalue weighted by molar-refractivity contribution is 0.317. The summed E-state index contributed by atoms with van der Waals surface area (Å²) in [6.07, 6.45) is 1.03. The van der Waals surface area contributed by atoms with E-state index in [9.17, 15) is 0 Å². The Labute approximate surface area is 128 Å². The molecule has 112 valence electrons. The van der Waals surface area contributed by atoms with Crippen molar-refractivity contribution in [1.82, 2.24) is 0 Å². The van der Waals surface area contributed by atoms with Gasteiger partial charge in [0, 0.05) is 11.7 Å². The Morgan fingerprint density at radius 1 is 1.00 bits per heavy atom. The van der Waals surface area contributed by atoms with Gasteiger partial charge in [0.15, 0.2) is 0 Å². The number of aryl methyl sites for hydroxylation is 2. The summed E-state index contributed by atoms with van der Waals surface area (Å²) < 4.78 is 5.62. The van der Waals surface area contributed by atoms with Crippen LogP contribution in [-0.4, -0.2) is 6.61 Å². The third kappa shape index (κ3) is 4.52. The number of ether oxygens (including phenoxy) is 1. The van der Waals surface area contributed by atoms with Crippen LogP contribution >= 0.6 is 0 Å². The first kappa shape index (κ1) is 15.4. The first-order chi connectivity index (χ1) is 10.1. The molecule has 0 amide bonds. The summed E-state index contributed by atoms with van der Waals surface area (Å²) in [5, 5.41) is 3.56. The average Bonchev–Trinajstić information content (AvgIpc) is 2.44. The van der Waals surface area contributed by atoms with Crippen molar-refractivity contribution >= 4 is 5.69 Å². The fourth-order valence-corrected chi connectivity index (χ4v) is 2.46. The van der Waals surface area contributed by atoms with E-state index in [1.807, 2.05) is 12.1 Å². The first-order valence-electron chi connectivity index (χ1n) is 7.66. The molecule has 1 N–H and O–H groups in total. The standard InChI is InChI=1S/C19H25NO/c1-5-10-21-19-8-6-17(7-9-19)16(4)20-18-12-14(2)11-15(3)13-18/h6-9,11-13,16,20H,5,10H2,1-4H3. The monoisotopic (exact) mass is 283 g/mol. The summed E-state index contributed by atoms with van der Waals surface area (Å²) >= 11 is 0. The smallest absolute Gasteiger partial charge is 0.119 e. The fraction of sp³-hybridized carbons (Fsp3) is 0.368. The zero-order valence-electron chi connectivity index (χ0n) is 13.4. The number of hydrogen-bond acceptors (Lipinski definition) is 2. The molecule has 0 heterocycles. The first-order valence-corrected chi connectivity index (χ1v) is 7.66. The van der Waals surface area contributed by atoms with Gasteiger partial charge in [-0.1, -0.05) is 25.1 Å². The summed E-state index contributed by atoms with van der Waals surface area (Å²) in [4.78, 5) is 0. The van der Waals surface area contributed by atoms with Crippen molar-refractivity contribution in [2.24, 2.45) is 0 Å². The second-order valence-corrected chi connectivity index (χ2v) is 5.66. The highest BCUT2D eigenvalue weighted by molar-refractivity contribution is 5.50. The highest BCUT2D eigenvalue weighted by Crippen LogP contribution is 2.23. The van der Waals surface area contributed by atoms with Crippen LogP contribution < -0.4 is 10.1 Å². The van der Waals surface area contributed by atoms with Gasteiger partial charge in [-0.3, -0.25) is 0 Å². The van der Waals surface area contributed by atoms with E-state index in [2.05, 4.69) is 63.3 Å². The maximum Gasteiger partial charge on any atom is 0.119 e. The zero-order chi connectivity index (χ0) is 15.2. The molecular weight excluding hydrogens is 258 g/mol. The third-order valence-electron chi connectivity index (χ3n) is 3.46. The molecule has 0 fully saturated rings. The largest absolute Gasteiger partial charge is 0.494 e. The molecule has 0 saturated heterocycles. The summed E-state index contributed by atoms with van der Waals surface area (Å²) in [6, 6.07) is 15.2. The molecule has 0 radical (unpaired) electrons. The Kier molecular flexibility index (Phi) is 5.26. The van der Waals surface area contributed by atoms with Gasteiger partial charge in [0.25, 0.3) is 0 Å². The van der Waals surface area contributed by atoms with Crippen molar-refractivity contribution in [2.45, 2.75) is 40.2 Å². The van der Waals surface area contributed by atoms with Gasteiger partial charge in [0.2, 0.25) is 0 Å². The van der Waals surface area contributed by atoms with E-state index in [-0.39, 0.29) is 6.04 Å². The number of nitrogens with one attached hydrogen (secondary N) is 1. The van der Waals surface area contributed by atoms with Crippen LogP contribution in [0.3, 0.4) is 0 Å². The van der Waals surface area contributed by atoms with E-state index in [0.29, 0.717) is 0 Å². The lowest BCUT2D eigenvalue weighted by atomic mass is 10.1. The van der Waals surface area contributed by atoms with Gasteiger partial charge in [-0.25, -0.2) is 0 Å². The zero-order valence-corrected chi connectivity index (χ0v) is 13.4. The maximum absolute atomic E-state index is 5.62. The molecule has 1 unspecified atom stereocenters. The lowest BCUT2D eigenvalue weighted by Crippen LogP contribution is -2.07. The minimum absolute atomic E-state index is 0.270. The van der Waals surface area contributed by atoms with Crippen molar-refractivity contribution < 1.29 is 4.74 Å². The molecule has 0 aromatic heterocycles. The van der Waals surface area contributed by atoms with Crippen LogP contribution in [0.2, 0.25) is 0 Å². The van der Waals surface area contributed by atoms with Gasteiger partial charge in [-0.05, 0) is 68.1 Å². The Morgan fingerprint density at radius 3 is 2.19 bits per heavy atom. The molecule has 1 atom stereocenters. The molecule has 0 bridgehead atoms. The predicted molar refractivity (Wildman–Crippen MR) is 90.2 cm³/mol. The average molecular weight is 283 g/mol. The normalized spacial score (nSPS) is 12.0. The Morgan fingerprint density at radius 2 is 1.62 bits per heavy atom. The molecular formula is C19H25NO. The highest BCUT2D eigenvalue weighted by atomic mass is 16.5. The molecule has 0 aliphatic heterocycles. The van der Waals surface area contributed by atoms with Crippen molar-refractivity contribution in [3.63, 3.8) is 0 Å². The minimum Gasteiger partial charge on any atom is -0.494 e. The topological polar surface area (TPSA) is 21.3 Å². The molecule has 2 heteroatoms. The quantitative estimate of drug-likeness (QED) is 0.780. The molecule has 0 aliphatic carbocycles.